The molecule has 8 nitrogen and oxygen atoms in total. The minimum atomic E-state index is -4.27. The fourth-order valence-corrected chi connectivity index (χ4v) is 1.24. The summed E-state index contributed by atoms with van der Waals surface area (Å²) in [6.07, 6.45) is 0. The molecule has 0 aromatic carbocycles. The second-order valence-electron chi connectivity index (χ2n) is 2.02. The van der Waals surface area contributed by atoms with E-state index in [9.17, 15) is 13.2 Å². The number of hydrogen-bond acceptors (Lipinski definition) is 6. The van der Waals surface area contributed by atoms with Crippen LogP contribution in [0.25, 0.3) is 0 Å². The van der Waals surface area contributed by atoms with E-state index in [1.54, 1.807) is 0 Å². The van der Waals surface area contributed by atoms with Crippen molar-refractivity contribution in [3.63, 3.8) is 0 Å². The summed E-state index contributed by atoms with van der Waals surface area (Å²) in [5.74, 6) is -1.22. The largest absolute Gasteiger partial charge is 0.285 e. The van der Waals surface area contributed by atoms with Crippen molar-refractivity contribution in [3.8, 4) is 0 Å². The van der Waals surface area contributed by atoms with Crippen molar-refractivity contribution >= 4 is 27.9 Å². The first-order chi connectivity index (χ1) is 5.90. The zero-order valence-corrected chi connectivity index (χ0v) is 7.73. The van der Waals surface area contributed by atoms with Crippen LogP contribution in [0.2, 0.25) is 0 Å². The van der Waals surface area contributed by atoms with Crippen molar-refractivity contribution in [2.45, 2.75) is 5.88 Å². The number of aromatic nitrogens is 4. The van der Waals surface area contributed by atoms with Crippen molar-refractivity contribution in [1.82, 2.24) is 20.2 Å². The maximum absolute atomic E-state index is 10.6. The van der Waals surface area contributed by atoms with Gasteiger partial charge < -0.3 is 0 Å². The molecule has 1 N–H and O–H groups in total. The lowest BCUT2D eigenvalue weighted by Gasteiger charge is -1.97. The monoisotopic (exact) mass is 224 g/mol. The smallest absolute Gasteiger partial charge is 0.284 e. The van der Waals surface area contributed by atoms with Crippen molar-refractivity contribution in [2.75, 3.05) is 0 Å². The highest BCUT2D eigenvalue weighted by Gasteiger charge is 2.16. The number of tetrazole rings is 1. The van der Waals surface area contributed by atoms with Gasteiger partial charge >= 0.3 is 0 Å². The summed E-state index contributed by atoms with van der Waals surface area (Å²) in [4.78, 5) is 10.6. The Balaban J connectivity index is 3.02. The highest BCUT2D eigenvalue weighted by atomic mass is 32.2. The van der Waals surface area contributed by atoms with Gasteiger partial charge in [-0.05, 0) is 10.4 Å². The first kappa shape index (κ1) is 10.1. The lowest BCUT2D eigenvalue weighted by Crippen LogP contribution is -2.15. The van der Waals surface area contributed by atoms with E-state index in [4.69, 9.17) is 4.55 Å². The topological polar surface area (TPSA) is 115 Å². The molecule has 0 aliphatic heterocycles. The highest BCUT2D eigenvalue weighted by molar-refractivity contribution is 7.97. The SMILES string of the molecule is O=C(S)c1nnnn1CS(=O)(=O)O. The van der Waals surface area contributed by atoms with Gasteiger partial charge in [-0.25, -0.2) is 4.68 Å². The third-order valence-corrected chi connectivity index (χ3v) is 1.78. The van der Waals surface area contributed by atoms with E-state index < -0.39 is 21.1 Å². The summed E-state index contributed by atoms with van der Waals surface area (Å²) in [6, 6.07) is 0. The molecule has 0 aliphatic carbocycles. The first-order valence-corrected chi connectivity index (χ1v) is 4.90. The van der Waals surface area contributed by atoms with Crippen LogP contribution >= 0.6 is 12.6 Å². The van der Waals surface area contributed by atoms with E-state index >= 15 is 0 Å². The van der Waals surface area contributed by atoms with E-state index in [2.05, 4.69) is 28.2 Å². The van der Waals surface area contributed by atoms with Gasteiger partial charge in [0, 0.05) is 0 Å². The van der Waals surface area contributed by atoms with Crippen LogP contribution < -0.4 is 0 Å². The first-order valence-electron chi connectivity index (χ1n) is 2.85. The molecular formula is C3H4N4O4S2. The van der Waals surface area contributed by atoms with Crippen molar-refractivity contribution < 1.29 is 17.8 Å². The Hall–Kier alpha value is -1.00. The van der Waals surface area contributed by atoms with Gasteiger partial charge in [-0.2, -0.15) is 8.42 Å². The fraction of sp³-hybridized carbons (Fsp3) is 0.333. The molecular weight excluding hydrogens is 220 g/mol. The molecule has 13 heavy (non-hydrogen) atoms. The summed E-state index contributed by atoms with van der Waals surface area (Å²) < 4.78 is 29.8. The zero-order chi connectivity index (χ0) is 10.1. The van der Waals surface area contributed by atoms with Crippen LogP contribution in [-0.4, -0.2) is 38.3 Å². The second-order valence-corrected chi connectivity index (χ2v) is 3.85. The second kappa shape index (κ2) is 3.40. The van der Waals surface area contributed by atoms with Gasteiger partial charge in [0.15, 0.2) is 5.88 Å². The molecule has 1 aromatic rings. The molecule has 0 atom stereocenters. The average Bonchev–Trinajstić information content (AvgIpc) is 2.31. The Morgan fingerprint density at radius 2 is 2.23 bits per heavy atom. The number of hydrogen-bond donors (Lipinski definition) is 2. The molecule has 0 radical (unpaired) electrons. The molecule has 1 aromatic heterocycles. The molecule has 72 valence electrons. The highest BCUT2D eigenvalue weighted by Crippen LogP contribution is 1.99. The fourth-order valence-electron chi connectivity index (χ4n) is 0.599. The van der Waals surface area contributed by atoms with Gasteiger partial charge in [-0.3, -0.25) is 9.35 Å². The van der Waals surface area contributed by atoms with E-state index in [1.165, 1.54) is 0 Å². The number of carbonyl (C=O) groups is 1. The predicted octanol–water partition coefficient (Wildman–Crippen LogP) is -1.41. The molecule has 0 saturated heterocycles. The summed E-state index contributed by atoms with van der Waals surface area (Å²) in [5.41, 5.74) is 0. The molecule has 0 unspecified atom stereocenters. The number of rotatable bonds is 3. The third-order valence-electron chi connectivity index (χ3n) is 1.01. The van der Waals surface area contributed by atoms with Gasteiger partial charge in [0.1, 0.15) is 0 Å². The van der Waals surface area contributed by atoms with Crippen LogP contribution in [0.15, 0.2) is 0 Å². The van der Waals surface area contributed by atoms with E-state index in [0.717, 1.165) is 0 Å². The predicted molar refractivity (Wildman–Crippen MR) is 42.7 cm³/mol. The van der Waals surface area contributed by atoms with E-state index in [-0.39, 0.29) is 5.82 Å². The van der Waals surface area contributed by atoms with Crippen LogP contribution in [0.1, 0.15) is 10.6 Å². The molecule has 0 saturated carbocycles. The summed E-state index contributed by atoms with van der Waals surface area (Å²) in [5, 5.41) is 8.63. The molecule has 0 amide bonds. The standard InChI is InChI=1S/C3H4N4O4S2/c8-3(12)2-4-5-6-7(2)1-13(9,10)11/h1H2,(H,8,12)(H,9,10,11). The summed E-state index contributed by atoms with van der Waals surface area (Å²) >= 11 is 3.39. The molecule has 10 heteroatoms. The van der Waals surface area contributed by atoms with Crippen molar-refractivity contribution in [2.24, 2.45) is 0 Å². The molecule has 0 aliphatic rings. The van der Waals surface area contributed by atoms with Gasteiger partial charge in [-0.1, -0.05) is 12.6 Å². The Morgan fingerprint density at radius 3 is 2.69 bits per heavy atom. The van der Waals surface area contributed by atoms with Crippen LogP contribution in [0.4, 0.5) is 0 Å². The zero-order valence-electron chi connectivity index (χ0n) is 6.02. The van der Waals surface area contributed by atoms with Crippen molar-refractivity contribution in [1.29, 1.82) is 0 Å². The van der Waals surface area contributed by atoms with Gasteiger partial charge in [0.2, 0.25) is 5.82 Å². The maximum Gasteiger partial charge on any atom is 0.285 e. The van der Waals surface area contributed by atoms with Crippen LogP contribution in [-0.2, 0) is 16.0 Å². The van der Waals surface area contributed by atoms with Gasteiger partial charge in [0.25, 0.3) is 15.2 Å². The maximum atomic E-state index is 10.6. The van der Waals surface area contributed by atoms with Crippen LogP contribution in [0.5, 0.6) is 0 Å². The quantitative estimate of drug-likeness (QED) is 0.478. The molecule has 0 bridgehead atoms. The molecule has 1 rings (SSSR count). The lowest BCUT2D eigenvalue weighted by atomic mass is 10.7. The molecule has 0 fully saturated rings. The summed E-state index contributed by atoms with van der Waals surface area (Å²) in [6.45, 7) is 0. The molecule has 0 spiro atoms. The Morgan fingerprint density at radius 1 is 1.62 bits per heavy atom. The average molecular weight is 224 g/mol. The number of nitrogens with zero attached hydrogens (tertiary/aromatic N) is 4. The minimum absolute atomic E-state index is 0.346. The Kier molecular flexibility index (Phi) is 2.63. The Bertz CT molecular complexity index is 422. The van der Waals surface area contributed by atoms with E-state index in [1.807, 2.05) is 0 Å². The number of carbonyl (C=O) groups excluding carboxylic acids is 1. The van der Waals surface area contributed by atoms with Gasteiger partial charge in [0.05, 0.1) is 0 Å². The van der Waals surface area contributed by atoms with Crippen molar-refractivity contribution in [3.05, 3.63) is 5.82 Å². The molecule has 1 heterocycles. The minimum Gasteiger partial charge on any atom is -0.284 e. The van der Waals surface area contributed by atoms with Crippen LogP contribution in [0, 0.1) is 0 Å². The van der Waals surface area contributed by atoms with Crippen LogP contribution in [0.3, 0.4) is 0 Å². The normalized spacial score (nSPS) is 11.5. The van der Waals surface area contributed by atoms with E-state index in [0.29, 0.717) is 4.68 Å². The van der Waals surface area contributed by atoms with Gasteiger partial charge in [-0.15, -0.1) is 5.10 Å². The number of thiol groups is 1. The third kappa shape index (κ3) is 2.75. The summed E-state index contributed by atoms with van der Waals surface area (Å²) in [7, 11) is -4.27. The lowest BCUT2D eigenvalue weighted by molar-refractivity contribution is 0.107. The Labute approximate surface area is 78.1 Å².